The molecule has 1 saturated carbocycles. The molecule has 0 spiro atoms. The van der Waals surface area contributed by atoms with Crippen LogP contribution >= 0.6 is 15.9 Å². The first-order chi connectivity index (χ1) is 16.0. The van der Waals surface area contributed by atoms with Gasteiger partial charge in [-0.15, -0.1) is 0 Å². The van der Waals surface area contributed by atoms with Crippen molar-refractivity contribution in [2.75, 3.05) is 6.54 Å². The second-order valence-corrected chi connectivity index (χ2v) is 11.1. The van der Waals surface area contributed by atoms with E-state index in [0.717, 1.165) is 30.2 Å². The Bertz CT molecular complexity index is 1050. The average molecular weight is 556 g/mol. The van der Waals surface area contributed by atoms with Gasteiger partial charge in [0.25, 0.3) is 10.1 Å². The minimum atomic E-state index is -4.11. The van der Waals surface area contributed by atoms with Crippen molar-refractivity contribution in [2.45, 2.75) is 68.2 Å². The van der Waals surface area contributed by atoms with Gasteiger partial charge in [0.05, 0.1) is 11.0 Å². The van der Waals surface area contributed by atoms with Crippen LogP contribution in [-0.2, 0) is 28.6 Å². The highest BCUT2D eigenvalue weighted by atomic mass is 79.9. The summed E-state index contributed by atoms with van der Waals surface area (Å²) in [6, 6.07) is 4.02. The van der Waals surface area contributed by atoms with Gasteiger partial charge in [-0.25, -0.2) is 0 Å². The van der Waals surface area contributed by atoms with E-state index in [9.17, 15) is 18.0 Å². The molecule has 1 aliphatic heterocycles. The van der Waals surface area contributed by atoms with Gasteiger partial charge < -0.3 is 20.7 Å². The van der Waals surface area contributed by atoms with Gasteiger partial charge >= 0.3 is 0 Å². The predicted octanol–water partition coefficient (Wildman–Crippen LogP) is 2.57. The van der Waals surface area contributed by atoms with Crippen LogP contribution in [0.25, 0.3) is 0 Å². The molecule has 0 radical (unpaired) electrons. The first-order valence-electron chi connectivity index (χ1n) is 11.0. The average Bonchev–Trinajstić information content (AvgIpc) is 3.41. The van der Waals surface area contributed by atoms with Gasteiger partial charge in [-0.3, -0.25) is 13.8 Å². The Kier molecular flexibility index (Phi) is 8.43. The van der Waals surface area contributed by atoms with Crippen LogP contribution in [0.5, 0.6) is 0 Å². The predicted molar refractivity (Wildman–Crippen MR) is 130 cm³/mol. The van der Waals surface area contributed by atoms with E-state index in [0.29, 0.717) is 5.57 Å². The number of amides is 2. The van der Waals surface area contributed by atoms with Crippen LogP contribution in [0.4, 0.5) is 0 Å². The molecule has 9 nitrogen and oxygen atoms in total. The molecule has 3 N–H and O–H groups in total. The van der Waals surface area contributed by atoms with Crippen LogP contribution in [0.1, 0.15) is 39.0 Å². The quantitative estimate of drug-likeness (QED) is 0.258. The molecule has 1 heterocycles. The molecule has 2 fully saturated rings. The highest BCUT2D eigenvalue weighted by molar-refractivity contribution is 9.10. The maximum atomic E-state index is 13.4. The van der Waals surface area contributed by atoms with E-state index in [4.69, 9.17) is 14.7 Å². The Balaban J connectivity index is 1.71. The summed E-state index contributed by atoms with van der Waals surface area (Å²) in [5.74, 6) is -0.990. The summed E-state index contributed by atoms with van der Waals surface area (Å²) in [4.78, 5) is 26.7. The molecule has 0 aromatic heterocycles. The molecule has 3 atom stereocenters. The molecule has 3 rings (SSSR count). The van der Waals surface area contributed by atoms with Crippen molar-refractivity contribution in [3.05, 3.63) is 53.4 Å². The zero-order valence-corrected chi connectivity index (χ0v) is 21.4. The van der Waals surface area contributed by atoms with E-state index in [-0.39, 0.29) is 29.8 Å². The summed E-state index contributed by atoms with van der Waals surface area (Å²) < 4.78 is 37.3. The second-order valence-electron chi connectivity index (χ2n) is 8.64. The minimum absolute atomic E-state index is 0.0297. The molecule has 1 aromatic rings. The number of halogens is 1. The summed E-state index contributed by atoms with van der Waals surface area (Å²) in [6.07, 6.45) is 3.09. The fourth-order valence-corrected chi connectivity index (χ4v) is 5.52. The van der Waals surface area contributed by atoms with Crippen molar-refractivity contribution >= 4 is 37.9 Å². The molecule has 2 aliphatic rings. The van der Waals surface area contributed by atoms with Crippen LogP contribution in [0.2, 0.25) is 0 Å². The van der Waals surface area contributed by atoms with E-state index >= 15 is 0 Å². The second kappa shape index (κ2) is 10.9. The fourth-order valence-electron chi connectivity index (χ4n) is 4.18. The van der Waals surface area contributed by atoms with E-state index in [1.807, 2.05) is 0 Å². The van der Waals surface area contributed by atoms with E-state index in [2.05, 4.69) is 34.4 Å². The number of hydrogen-bond donors (Lipinski definition) is 2. The molecular formula is C23H30BrN3O6S. The van der Waals surface area contributed by atoms with Crippen molar-refractivity contribution in [3.63, 3.8) is 0 Å². The topological polar surface area (TPSA) is 128 Å². The van der Waals surface area contributed by atoms with Crippen molar-refractivity contribution < 1.29 is 26.9 Å². The molecule has 2 amide bonds. The van der Waals surface area contributed by atoms with Gasteiger partial charge in [-0.05, 0) is 69.0 Å². The number of likely N-dealkylation sites (tertiary alicyclic amines) is 1. The number of nitrogens with two attached hydrogens (primary N) is 1. The molecule has 1 aromatic carbocycles. The molecule has 1 aliphatic carbocycles. The third kappa shape index (κ3) is 6.39. The Morgan fingerprint density at radius 3 is 2.35 bits per heavy atom. The lowest BCUT2D eigenvalue weighted by Crippen LogP contribution is -2.52. The van der Waals surface area contributed by atoms with Gasteiger partial charge in [0.1, 0.15) is 18.2 Å². The lowest BCUT2D eigenvalue weighted by Gasteiger charge is -2.29. The standard InChI is InChI=1S/C23H30BrN3O6S/c1-14(2)21(26-15(3)32-17-6-4-5-7-17)23(29)27-13-18(12-20(27)22(25)28)33-34(30,31)19-10-8-16(24)9-11-19/h8-11,17-18,20-21,26H,1,3-7,12-13H2,2H3,(H2,25,28)/t18-,20-,21-/m0/s1. The Morgan fingerprint density at radius 2 is 1.79 bits per heavy atom. The Morgan fingerprint density at radius 1 is 1.18 bits per heavy atom. The van der Waals surface area contributed by atoms with Crippen molar-refractivity contribution in [3.8, 4) is 0 Å². The number of carbonyl (C=O) groups excluding carboxylic acids is 2. The minimum Gasteiger partial charge on any atom is -0.476 e. The van der Waals surface area contributed by atoms with E-state index in [1.165, 1.54) is 17.0 Å². The molecule has 11 heteroatoms. The summed E-state index contributed by atoms with van der Waals surface area (Å²) in [5, 5.41) is 2.95. The van der Waals surface area contributed by atoms with E-state index < -0.39 is 40.1 Å². The third-order valence-electron chi connectivity index (χ3n) is 5.90. The zero-order valence-electron chi connectivity index (χ0n) is 19.0. The largest absolute Gasteiger partial charge is 0.476 e. The maximum Gasteiger partial charge on any atom is 0.297 e. The maximum absolute atomic E-state index is 13.4. The highest BCUT2D eigenvalue weighted by Crippen LogP contribution is 2.27. The SMILES string of the molecule is C=C(N[C@@H](C(=C)C)C(=O)N1C[C@@H](OS(=O)(=O)c2ccc(Br)cc2)C[C@H]1C(N)=O)OC1CCCC1. The van der Waals surface area contributed by atoms with Gasteiger partial charge in [-0.2, -0.15) is 8.42 Å². The number of rotatable bonds is 10. The number of nitrogens with one attached hydrogen (secondary N) is 1. The molecule has 1 saturated heterocycles. The number of carbonyl (C=O) groups is 2. The third-order valence-corrected chi connectivity index (χ3v) is 7.80. The van der Waals surface area contributed by atoms with Gasteiger partial charge in [0.15, 0.2) is 5.88 Å². The lowest BCUT2D eigenvalue weighted by atomic mass is 10.1. The van der Waals surface area contributed by atoms with Crippen molar-refractivity contribution in [1.29, 1.82) is 0 Å². The van der Waals surface area contributed by atoms with Crippen molar-refractivity contribution in [2.24, 2.45) is 5.73 Å². The van der Waals surface area contributed by atoms with Crippen molar-refractivity contribution in [1.82, 2.24) is 10.2 Å². The number of nitrogens with zero attached hydrogens (tertiary/aromatic N) is 1. The molecule has 186 valence electrons. The highest BCUT2D eigenvalue weighted by Gasteiger charge is 2.43. The summed E-state index contributed by atoms with van der Waals surface area (Å²) in [7, 11) is -4.11. The first-order valence-corrected chi connectivity index (χ1v) is 13.2. The molecule has 0 unspecified atom stereocenters. The summed E-state index contributed by atoms with van der Waals surface area (Å²) in [5.41, 5.74) is 6.02. The number of benzene rings is 1. The normalized spacial score (nSPS) is 21.8. The Labute approximate surface area is 208 Å². The molecule has 0 bridgehead atoms. The summed E-state index contributed by atoms with van der Waals surface area (Å²) >= 11 is 3.25. The van der Waals surface area contributed by atoms with Crippen LogP contribution < -0.4 is 11.1 Å². The smallest absolute Gasteiger partial charge is 0.297 e. The van der Waals surface area contributed by atoms with Crippen LogP contribution in [0.15, 0.2) is 58.2 Å². The number of primary amides is 1. The molecular weight excluding hydrogens is 526 g/mol. The lowest BCUT2D eigenvalue weighted by molar-refractivity contribution is -0.138. The fraction of sp³-hybridized carbons (Fsp3) is 0.478. The van der Waals surface area contributed by atoms with Crippen LogP contribution in [0, 0.1) is 0 Å². The first kappa shape index (κ1) is 26.2. The monoisotopic (exact) mass is 555 g/mol. The van der Waals surface area contributed by atoms with E-state index in [1.54, 1.807) is 19.1 Å². The number of ether oxygens (including phenoxy) is 1. The zero-order chi connectivity index (χ0) is 25.0. The van der Waals surface area contributed by atoms with Crippen LogP contribution in [0.3, 0.4) is 0 Å². The molecule has 34 heavy (non-hydrogen) atoms. The summed E-state index contributed by atoms with van der Waals surface area (Å²) in [6.45, 7) is 9.28. The van der Waals surface area contributed by atoms with Gasteiger partial charge in [-0.1, -0.05) is 22.5 Å². The Hall–Kier alpha value is -2.37. The van der Waals surface area contributed by atoms with Gasteiger partial charge in [0.2, 0.25) is 11.8 Å². The van der Waals surface area contributed by atoms with Crippen LogP contribution in [-0.4, -0.2) is 56.0 Å². The van der Waals surface area contributed by atoms with Gasteiger partial charge in [0, 0.05) is 17.4 Å². The number of hydrogen-bond acceptors (Lipinski definition) is 7.